The summed E-state index contributed by atoms with van der Waals surface area (Å²) in [5.41, 5.74) is -0.932. The summed E-state index contributed by atoms with van der Waals surface area (Å²) in [6.45, 7) is 2.65. The second-order valence-electron chi connectivity index (χ2n) is 5.30. The third-order valence-electron chi connectivity index (χ3n) is 3.90. The smallest absolute Gasteiger partial charge is 0.416 e. The number of nitrogens with zero attached hydrogens (tertiary/aromatic N) is 1. The third kappa shape index (κ3) is 2.80. The Balaban J connectivity index is 2.13. The molecule has 1 aliphatic heterocycles. The molecule has 0 saturated carbocycles. The number of benzene rings is 1. The van der Waals surface area contributed by atoms with Crippen molar-refractivity contribution in [3.05, 3.63) is 35.4 Å². The maximum atomic E-state index is 12.5. The van der Waals surface area contributed by atoms with Gasteiger partial charge in [-0.25, -0.2) is 0 Å². The number of hydrogen-bond donors (Lipinski definition) is 1. The quantitative estimate of drug-likeness (QED) is 0.928. The molecular formula is C14H16F3NO2. The number of halogens is 3. The highest BCUT2D eigenvalue weighted by Crippen LogP contribution is 2.32. The van der Waals surface area contributed by atoms with Crippen LogP contribution in [-0.4, -0.2) is 28.1 Å². The van der Waals surface area contributed by atoms with E-state index in [0.717, 1.165) is 18.6 Å². The van der Waals surface area contributed by atoms with Crippen LogP contribution in [0.25, 0.3) is 0 Å². The van der Waals surface area contributed by atoms with E-state index in [1.54, 1.807) is 11.8 Å². The standard InChI is InChI=1S/C14H16F3NO2/c1-13(12(19)20)7-2-8-18(13)9-10-3-5-11(6-4-10)14(15,16)17/h3-6H,2,7-9H2,1H3,(H,19,20). The van der Waals surface area contributed by atoms with Crippen LogP contribution in [0.5, 0.6) is 0 Å². The molecule has 1 atom stereocenters. The molecule has 20 heavy (non-hydrogen) atoms. The van der Waals surface area contributed by atoms with Crippen molar-refractivity contribution in [1.29, 1.82) is 0 Å². The van der Waals surface area contributed by atoms with Crippen LogP contribution in [0.4, 0.5) is 13.2 Å². The Morgan fingerprint density at radius 3 is 2.45 bits per heavy atom. The van der Waals surface area contributed by atoms with Gasteiger partial charge in [-0.15, -0.1) is 0 Å². The number of carboxylic acid groups (broad SMARTS) is 1. The van der Waals surface area contributed by atoms with Crippen molar-refractivity contribution in [2.24, 2.45) is 0 Å². The minimum absolute atomic E-state index is 0.348. The molecule has 0 aromatic heterocycles. The number of alkyl halides is 3. The largest absolute Gasteiger partial charge is 0.480 e. The lowest BCUT2D eigenvalue weighted by Crippen LogP contribution is -2.47. The molecule has 1 aliphatic rings. The van der Waals surface area contributed by atoms with Gasteiger partial charge < -0.3 is 5.11 Å². The normalized spacial score (nSPS) is 24.0. The van der Waals surface area contributed by atoms with E-state index in [-0.39, 0.29) is 0 Å². The van der Waals surface area contributed by atoms with Crippen molar-refractivity contribution >= 4 is 5.97 Å². The van der Waals surface area contributed by atoms with E-state index in [0.29, 0.717) is 25.1 Å². The predicted molar refractivity (Wildman–Crippen MR) is 67.1 cm³/mol. The molecule has 0 bridgehead atoms. The number of rotatable bonds is 3. The van der Waals surface area contributed by atoms with E-state index < -0.39 is 23.2 Å². The van der Waals surface area contributed by atoms with Crippen LogP contribution in [0, 0.1) is 0 Å². The van der Waals surface area contributed by atoms with Crippen LogP contribution in [0.15, 0.2) is 24.3 Å². The minimum Gasteiger partial charge on any atom is -0.480 e. The fraction of sp³-hybridized carbons (Fsp3) is 0.500. The average Bonchev–Trinajstić information content (AvgIpc) is 2.72. The fourth-order valence-electron chi connectivity index (χ4n) is 2.53. The first-order valence-electron chi connectivity index (χ1n) is 6.38. The number of hydrogen-bond acceptors (Lipinski definition) is 2. The van der Waals surface area contributed by atoms with Gasteiger partial charge in [-0.2, -0.15) is 13.2 Å². The summed E-state index contributed by atoms with van der Waals surface area (Å²) < 4.78 is 37.4. The van der Waals surface area contributed by atoms with Gasteiger partial charge in [0.15, 0.2) is 0 Å². The lowest BCUT2D eigenvalue weighted by molar-refractivity contribution is -0.148. The van der Waals surface area contributed by atoms with Gasteiger partial charge in [-0.3, -0.25) is 9.69 Å². The Bertz CT molecular complexity index is 498. The van der Waals surface area contributed by atoms with E-state index in [9.17, 15) is 23.1 Å². The summed E-state index contributed by atoms with van der Waals surface area (Å²) in [7, 11) is 0. The van der Waals surface area contributed by atoms with Crippen LogP contribution in [0.3, 0.4) is 0 Å². The molecule has 3 nitrogen and oxygen atoms in total. The second-order valence-corrected chi connectivity index (χ2v) is 5.30. The van der Waals surface area contributed by atoms with E-state index in [4.69, 9.17) is 0 Å². The number of aliphatic carboxylic acids is 1. The molecule has 1 heterocycles. The third-order valence-corrected chi connectivity index (χ3v) is 3.90. The van der Waals surface area contributed by atoms with Crippen molar-refractivity contribution < 1.29 is 23.1 Å². The lowest BCUT2D eigenvalue weighted by atomic mass is 9.98. The van der Waals surface area contributed by atoms with Crippen molar-refractivity contribution in [2.75, 3.05) is 6.54 Å². The molecule has 1 fully saturated rings. The monoisotopic (exact) mass is 287 g/mol. The minimum atomic E-state index is -4.35. The van der Waals surface area contributed by atoms with Gasteiger partial charge in [0.05, 0.1) is 5.56 Å². The van der Waals surface area contributed by atoms with Crippen LogP contribution in [-0.2, 0) is 17.5 Å². The van der Waals surface area contributed by atoms with Gasteiger partial charge in [0, 0.05) is 6.54 Å². The summed E-state index contributed by atoms with van der Waals surface area (Å²) in [5, 5.41) is 9.28. The maximum Gasteiger partial charge on any atom is 0.416 e. The first kappa shape index (κ1) is 14.8. The second kappa shape index (κ2) is 5.09. The molecule has 1 N–H and O–H groups in total. The van der Waals surface area contributed by atoms with E-state index >= 15 is 0 Å². The van der Waals surface area contributed by atoms with E-state index in [1.165, 1.54) is 12.1 Å². The molecule has 0 amide bonds. The summed E-state index contributed by atoms with van der Waals surface area (Å²) in [6, 6.07) is 4.87. The molecule has 0 radical (unpaired) electrons. The summed E-state index contributed by atoms with van der Waals surface area (Å²) >= 11 is 0. The van der Waals surface area contributed by atoms with Crippen molar-refractivity contribution in [2.45, 2.75) is 38.0 Å². The van der Waals surface area contributed by atoms with Gasteiger partial charge in [0.25, 0.3) is 0 Å². The van der Waals surface area contributed by atoms with Gasteiger partial charge in [-0.05, 0) is 44.0 Å². The molecule has 6 heteroatoms. The fourth-order valence-corrected chi connectivity index (χ4v) is 2.53. The summed E-state index contributed by atoms with van der Waals surface area (Å²) in [5.74, 6) is -0.887. The molecular weight excluding hydrogens is 271 g/mol. The zero-order chi connectivity index (χ0) is 15.0. The average molecular weight is 287 g/mol. The molecule has 1 unspecified atom stereocenters. The zero-order valence-corrected chi connectivity index (χ0v) is 11.1. The van der Waals surface area contributed by atoms with Crippen LogP contribution >= 0.6 is 0 Å². The lowest BCUT2D eigenvalue weighted by Gasteiger charge is -2.31. The Labute approximate surface area is 115 Å². The summed E-state index contributed by atoms with van der Waals surface area (Å²) in [6.07, 6.45) is -3.01. The molecule has 2 rings (SSSR count). The molecule has 0 spiro atoms. The number of carbonyl (C=O) groups is 1. The van der Waals surface area contributed by atoms with Gasteiger partial charge in [0.1, 0.15) is 5.54 Å². The van der Waals surface area contributed by atoms with Crippen LogP contribution < -0.4 is 0 Å². The van der Waals surface area contributed by atoms with Crippen molar-refractivity contribution in [3.8, 4) is 0 Å². The number of likely N-dealkylation sites (tertiary alicyclic amines) is 1. The van der Waals surface area contributed by atoms with Crippen LogP contribution in [0.2, 0.25) is 0 Å². The van der Waals surface area contributed by atoms with Gasteiger partial charge >= 0.3 is 12.1 Å². The SMILES string of the molecule is CC1(C(=O)O)CCCN1Cc1ccc(C(F)(F)F)cc1. The first-order chi connectivity index (χ1) is 9.23. The topological polar surface area (TPSA) is 40.5 Å². The predicted octanol–water partition coefficient (Wildman–Crippen LogP) is 3.14. The highest BCUT2D eigenvalue weighted by molar-refractivity contribution is 5.78. The van der Waals surface area contributed by atoms with Gasteiger partial charge in [0.2, 0.25) is 0 Å². The molecule has 0 aliphatic carbocycles. The van der Waals surface area contributed by atoms with Gasteiger partial charge in [-0.1, -0.05) is 12.1 Å². The number of carboxylic acids is 1. The Morgan fingerprint density at radius 1 is 1.35 bits per heavy atom. The zero-order valence-electron chi connectivity index (χ0n) is 11.1. The van der Waals surface area contributed by atoms with Crippen molar-refractivity contribution in [1.82, 2.24) is 4.90 Å². The molecule has 1 aromatic carbocycles. The Kier molecular flexibility index (Phi) is 3.77. The van der Waals surface area contributed by atoms with Crippen LogP contribution in [0.1, 0.15) is 30.9 Å². The maximum absolute atomic E-state index is 12.5. The van der Waals surface area contributed by atoms with E-state index in [2.05, 4.69) is 0 Å². The van der Waals surface area contributed by atoms with E-state index in [1.807, 2.05) is 0 Å². The highest BCUT2D eigenvalue weighted by Gasteiger charge is 2.43. The Morgan fingerprint density at radius 2 is 1.95 bits per heavy atom. The highest BCUT2D eigenvalue weighted by atomic mass is 19.4. The first-order valence-corrected chi connectivity index (χ1v) is 6.38. The molecule has 110 valence electrons. The summed E-state index contributed by atoms with van der Waals surface area (Å²) in [4.78, 5) is 13.1. The van der Waals surface area contributed by atoms with Crippen molar-refractivity contribution in [3.63, 3.8) is 0 Å². The molecule has 1 aromatic rings. The molecule has 1 saturated heterocycles. The Hall–Kier alpha value is -1.56.